The molecule has 1 aromatic heterocycles. The van der Waals surface area contributed by atoms with Crippen LogP contribution in [-0.4, -0.2) is 30.3 Å². The van der Waals surface area contributed by atoms with E-state index in [-0.39, 0.29) is 4.88 Å². The number of hydrogen-bond donors (Lipinski definition) is 2. The van der Waals surface area contributed by atoms with Crippen LogP contribution in [-0.2, 0) is 6.42 Å². The van der Waals surface area contributed by atoms with Gasteiger partial charge in [-0.3, -0.25) is 0 Å². The summed E-state index contributed by atoms with van der Waals surface area (Å²) in [6.07, 6.45) is 0.569. The molecule has 1 aromatic carbocycles. The molecule has 0 saturated heterocycles. The number of hydrogen-bond acceptors (Lipinski definition) is 6. The average Bonchev–Trinajstić information content (AvgIpc) is 2.91. The molecule has 2 rings (SSSR count). The molecule has 0 aliphatic rings. The highest BCUT2D eigenvalue weighted by atomic mass is 32.1. The molecule has 7 heteroatoms. The normalized spacial score (nSPS) is 10.2. The van der Waals surface area contributed by atoms with E-state index >= 15 is 0 Å². The lowest BCUT2D eigenvalue weighted by molar-refractivity contribution is 0.0701. The number of aryl methyl sites for hydroxylation is 1. The standard InChI is InChI=1S/C14H16N2O4S/c1-4-9-12(13(17)18)21-14(15-9)16-10-6-5-8(19-2)7-11(10)20-3/h5-7H,4H2,1-3H3,(H,15,16)(H,17,18). The van der Waals surface area contributed by atoms with Crippen molar-refractivity contribution in [1.82, 2.24) is 4.98 Å². The Labute approximate surface area is 126 Å². The SMILES string of the molecule is CCc1nc(Nc2ccc(OC)cc2OC)sc1C(=O)O. The smallest absolute Gasteiger partial charge is 0.347 e. The number of thiazole rings is 1. The van der Waals surface area contributed by atoms with Gasteiger partial charge in [0.05, 0.1) is 25.6 Å². The first-order valence-electron chi connectivity index (χ1n) is 6.31. The number of carboxylic acids is 1. The van der Waals surface area contributed by atoms with Gasteiger partial charge in [-0.1, -0.05) is 18.3 Å². The maximum absolute atomic E-state index is 11.2. The molecule has 2 N–H and O–H groups in total. The molecular weight excluding hydrogens is 292 g/mol. The Balaban J connectivity index is 2.31. The third-order valence-corrected chi connectivity index (χ3v) is 3.88. The van der Waals surface area contributed by atoms with Crippen molar-refractivity contribution in [3.63, 3.8) is 0 Å². The van der Waals surface area contributed by atoms with Gasteiger partial charge < -0.3 is 19.9 Å². The summed E-state index contributed by atoms with van der Waals surface area (Å²) in [5, 5.41) is 12.8. The average molecular weight is 308 g/mol. The Morgan fingerprint density at radius 3 is 2.67 bits per heavy atom. The van der Waals surface area contributed by atoms with Crippen molar-refractivity contribution in [2.24, 2.45) is 0 Å². The Hall–Kier alpha value is -2.28. The van der Waals surface area contributed by atoms with Crippen LogP contribution in [0.25, 0.3) is 0 Å². The Bertz CT molecular complexity index is 654. The number of nitrogens with zero attached hydrogens (tertiary/aromatic N) is 1. The van der Waals surface area contributed by atoms with Crippen LogP contribution in [0.2, 0.25) is 0 Å². The van der Waals surface area contributed by atoms with Crippen LogP contribution in [0, 0.1) is 0 Å². The fraction of sp³-hybridized carbons (Fsp3) is 0.286. The van der Waals surface area contributed by atoms with Crippen molar-refractivity contribution < 1.29 is 19.4 Å². The van der Waals surface area contributed by atoms with Crippen molar-refractivity contribution >= 4 is 28.1 Å². The molecule has 0 unspecified atom stereocenters. The topological polar surface area (TPSA) is 80.7 Å². The van der Waals surface area contributed by atoms with Crippen LogP contribution in [0.1, 0.15) is 22.3 Å². The van der Waals surface area contributed by atoms with Gasteiger partial charge in [-0.15, -0.1) is 0 Å². The Morgan fingerprint density at radius 2 is 2.14 bits per heavy atom. The molecular formula is C14H16N2O4S. The molecule has 6 nitrogen and oxygen atoms in total. The second-order valence-corrected chi connectivity index (χ2v) is 5.14. The molecule has 0 radical (unpaired) electrons. The maximum Gasteiger partial charge on any atom is 0.347 e. The highest BCUT2D eigenvalue weighted by molar-refractivity contribution is 7.17. The highest BCUT2D eigenvalue weighted by Crippen LogP contribution is 2.33. The number of aromatic carboxylic acids is 1. The molecule has 0 aliphatic carbocycles. The van der Waals surface area contributed by atoms with Gasteiger partial charge in [0.2, 0.25) is 0 Å². The molecule has 0 bridgehead atoms. The van der Waals surface area contributed by atoms with Crippen molar-refractivity contribution in [2.45, 2.75) is 13.3 Å². The largest absolute Gasteiger partial charge is 0.497 e. The van der Waals surface area contributed by atoms with E-state index < -0.39 is 5.97 Å². The summed E-state index contributed by atoms with van der Waals surface area (Å²) < 4.78 is 10.4. The van der Waals surface area contributed by atoms with Crippen LogP contribution in [0.15, 0.2) is 18.2 Å². The number of nitrogens with one attached hydrogen (secondary N) is 1. The van der Waals surface area contributed by atoms with E-state index in [0.717, 1.165) is 11.3 Å². The van der Waals surface area contributed by atoms with Gasteiger partial charge >= 0.3 is 5.97 Å². The zero-order valence-corrected chi connectivity index (χ0v) is 12.8. The van der Waals surface area contributed by atoms with E-state index in [2.05, 4.69) is 10.3 Å². The lowest BCUT2D eigenvalue weighted by Gasteiger charge is -2.10. The summed E-state index contributed by atoms with van der Waals surface area (Å²) >= 11 is 1.11. The zero-order chi connectivity index (χ0) is 15.4. The summed E-state index contributed by atoms with van der Waals surface area (Å²) in [5.74, 6) is 0.315. The van der Waals surface area contributed by atoms with Gasteiger partial charge in [-0.25, -0.2) is 9.78 Å². The lowest BCUT2D eigenvalue weighted by atomic mass is 10.2. The first-order valence-corrected chi connectivity index (χ1v) is 7.12. The predicted octanol–water partition coefficient (Wildman–Crippen LogP) is 3.16. The second kappa shape index (κ2) is 6.45. The quantitative estimate of drug-likeness (QED) is 0.853. The molecule has 0 fully saturated rings. The van der Waals surface area contributed by atoms with Crippen LogP contribution < -0.4 is 14.8 Å². The minimum atomic E-state index is -0.959. The summed E-state index contributed by atoms with van der Waals surface area (Å²) in [7, 11) is 3.14. The van der Waals surface area contributed by atoms with E-state index in [9.17, 15) is 4.79 Å². The van der Waals surface area contributed by atoms with Crippen LogP contribution in [0.5, 0.6) is 11.5 Å². The summed E-state index contributed by atoms with van der Waals surface area (Å²) in [5.41, 5.74) is 1.27. The van der Waals surface area contributed by atoms with E-state index in [1.54, 1.807) is 32.4 Å². The molecule has 0 amide bonds. The first-order chi connectivity index (χ1) is 10.1. The zero-order valence-electron chi connectivity index (χ0n) is 12.0. The van der Waals surface area contributed by atoms with Crippen molar-refractivity contribution in [3.05, 3.63) is 28.8 Å². The van der Waals surface area contributed by atoms with E-state index in [1.165, 1.54) is 0 Å². The molecule has 0 saturated carbocycles. The van der Waals surface area contributed by atoms with Crippen LogP contribution in [0.3, 0.4) is 0 Å². The first kappa shape index (κ1) is 15.1. The fourth-order valence-corrected chi connectivity index (χ4v) is 2.73. The molecule has 0 spiro atoms. The van der Waals surface area contributed by atoms with Gasteiger partial charge in [0.15, 0.2) is 5.13 Å². The van der Waals surface area contributed by atoms with E-state index in [0.29, 0.717) is 34.4 Å². The van der Waals surface area contributed by atoms with E-state index in [1.807, 2.05) is 6.92 Å². The monoisotopic (exact) mass is 308 g/mol. The highest BCUT2D eigenvalue weighted by Gasteiger charge is 2.17. The molecule has 2 aromatic rings. The number of rotatable bonds is 6. The van der Waals surface area contributed by atoms with Gasteiger partial charge in [0.25, 0.3) is 0 Å². The number of carbonyl (C=O) groups is 1. The molecule has 0 aliphatic heterocycles. The molecule has 0 atom stereocenters. The fourth-order valence-electron chi connectivity index (χ4n) is 1.83. The predicted molar refractivity (Wildman–Crippen MR) is 81.3 cm³/mol. The van der Waals surface area contributed by atoms with Gasteiger partial charge in [0, 0.05) is 6.07 Å². The number of methoxy groups -OCH3 is 2. The molecule has 112 valence electrons. The van der Waals surface area contributed by atoms with Crippen molar-refractivity contribution in [2.75, 3.05) is 19.5 Å². The maximum atomic E-state index is 11.2. The van der Waals surface area contributed by atoms with E-state index in [4.69, 9.17) is 14.6 Å². The van der Waals surface area contributed by atoms with Gasteiger partial charge in [0.1, 0.15) is 16.4 Å². The van der Waals surface area contributed by atoms with Crippen molar-refractivity contribution in [3.8, 4) is 11.5 Å². The number of benzene rings is 1. The second-order valence-electron chi connectivity index (χ2n) is 4.14. The number of anilines is 2. The number of aromatic nitrogens is 1. The Morgan fingerprint density at radius 1 is 1.38 bits per heavy atom. The number of carboxylic acid groups (broad SMARTS) is 1. The van der Waals surface area contributed by atoms with Gasteiger partial charge in [-0.2, -0.15) is 0 Å². The molecule has 1 heterocycles. The lowest BCUT2D eigenvalue weighted by Crippen LogP contribution is -1.97. The summed E-state index contributed by atoms with van der Waals surface area (Å²) in [6, 6.07) is 5.33. The number of ether oxygens (including phenoxy) is 2. The summed E-state index contributed by atoms with van der Waals surface area (Å²) in [6.45, 7) is 1.87. The van der Waals surface area contributed by atoms with Crippen LogP contribution in [0.4, 0.5) is 10.8 Å². The third kappa shape index (κ3) is 3.25. The van der Waals surface area contributed by atoms with Crippen LogP contribution >= 0.6 is 11.3 Å². The summed E-state index contributed by atoms with van der Waals surface area (Å²) in [4.78, 5) is 15.7. The minimum absolute atomic E-state index is 0.257. The minimum Gasteiger partial charge on any atom is -0.497 e. The van der Waals surface area contributed by atoms with Gasteiger partial charge in [-0.05, 0) is 18.6 Å². The third-order valence-electron chi connectivity index (χ3n) is 2.88. The molecule has 21 heavy (non-hydrogen) atoms. The van der Waals surface area contributed by atoms with Crippen molar-refractivity contribution in [1.29, 1.82) is 0 Å². The Kier molecular flexibility index (Phi) is 4.64.